The third-order valence-corrected chi connectivity index (χ3v) is 5.68. The van der Waals surface area contributed by atoms with Crippen molar-refractivity contribution in [3.63, 3.8) is 0 Å². The molecule has 2 saturated carbocycles. The summed E-state index contributed by atoms with van der Waals surface area (Å²) in [5.74, 6) is 2.23. The van der Waals surface area contributed by atoms with Gasteiger partial charge in [-0.15, -0.1) is 0 Å². The van der Waals surface area contributed by atoms with Gasteiger partial charge in [-0.05, 0) is 50.4 Å². The minimum Gasteiger partial charge on any atom is -0.299 e. The molecule has 2 bridgehead atoms. The van der Waals surface area contributed by atoms with Crippen LogP contribution in [0.25, 0.3) is 0 Å². The lowest BCUT2D eigenvalue weighted by Crippen LogP contribution is -2.37. The summed E-state index contributed by atoms with van der Waals surface area (Å²) >= 11 is 0. The van der Waals surface area contributed by atoms with Gasteiger partial charge in [0.25, 0.3) is 0 Å². The Morgan fingerprint density at radius 3 is 2.88 bits per heavy atom. The molecule has 0 spiro atoms. The third-order valence-electron chi connectivity index (χ3n) is 5.68. The van der Waals surface area contributed by atoms with E-state index in [2.05, 4.69) is 19.9 Å². The molecule has 0 aliphatic heterocycles. The van der Waals surface area contributed by atoms with E-state index in [9.17, 15) is 4.79 Å². The molecule has 1 heteroatoms. The smallest absolute Gasteiger partial charge is 0.142 e. The zero-order chi connectivity index (χ0) is 12.0. The van der Waals surface area contributed by atoms with Crippen molar-refractivity contribution in [2.45, 2.75) is 58.8 Å². The SMILES string of the molecule is CC1(C)C(=O)[C@H]2CCC[C@H]2CC=C2CC[C@H]1C2. The molecule has 0 heterocycles. The van der Waals surface area contributed by atoms with Crippen molar-refractivity contribution in [2.24, 2.45) is 23.2 Å². The first-order chi connectivity index (χ1) is 8.09. The summed E-state index contributed by atoms with van der Waals surface area (Å²) in [7, 11) is 0. The van der Waals surface area contributed by atoms with E-state index in [4.69, 9.17) is 0 Å². The molecule has 0 N–H and O–H groups in total. The van der Waals surface area contributed by atoms with Crippen LogP contribution in [0.1, 0.15) is 58.8 Å². The number of fused-ring (bicyclic) bond motifs is 3. The van der Waals surface area contributed by atoms with Gasteiger partial charge in [-0.2, -0.15) is 0 Å². The van der Waals surface area contributed by atoms with Gasteiger partial charge in [0.2, 0.25) is 0 Å². The summed E-state index contributed by atoms with van der Waals surface area (Å²) in [6.45, 7) is 4.42. The first kappa shape index (κ1) is 11.5. The Balaban J connectivity index is 1.97. The van der Waals surface area contributed by atoms with Crippen molar-refractivity contribution < 1.29 is 4.79 Å². The van der Waals surface area contributed by atoms with Crippen molar-refractivity contribution in [1.82, 2.24) is 0 Å². The predicted molar refractivity (Wildman–Crippen MR) is 69.7 cm³/mol. The van der Waals surface area contributed by atoms with E-state index in [0.717, 1.165) is 6.42 Å². The van der Waals surface area contributed by atoms with Crippen molar-refractivity contribution in [1.29, 1.82) is 0 Å². The van der Waals surface area contributed by atoms with E-state index in [0.29, 0.717) is 23.5 Å². The number of rotatable bonds is 0. The summed E-state index contributed by atoms with van der Waals surface area (Å²) in [6.07, 6.45) is 11.0. The highest BCUT2D eigenvalue weighted by Crippen LogP contribution is 2.49. The molecule has 0 amide bonds. The van der Waals surface area contributed by atoms with E-state index in [1.165, 1.54) is 38.5 Å². The Bertz CT molecular complexity index is 364. The summed E-state index contributed by atoms with van der Waals surface area (Å²) < 4.78 is 0. The normalized spacial score (nSPS) is 40.2. The van der Waals surface area contributed by atoms with Gasteiger partial charge in [0.1, 0.15) is 5.78 Å². The fourth-order valence-electron chi connectivity index (χ4n) is 4.34. The van der Waals surface area contributed by atoms with Crippen LogP contribution in [-0.4, -0.2) is 5.78 Å². The highest BCUT2D eigenvalue weighted by Gasteiger charge is 2.46. The lowest BCUT2D eigenvalue weighted by atomic mass is 9.69. The van der Waals surface area contributed by atoms with Gasteiger partial charge in [-0.1, -0.05) is 31.9 Å². The average molecular weight is 232 g/mol. The van der Waals surface area contributed by atoms with Crippen molar-refractivity contribution in [3.8, 4) is 0 Å². The molecule has 94 valence electrons. The van der Waals surface area contributed by atoms with Crippen LogP contribution in [0.3, 0.4) is 0 Å². The summed E-state index contributed by atoms with van der Waals surface area (Å²) in [5, 5.41) is 0. The monoisotopic (exact) mass is 232 g/mol. The zero-order valence-corrected chi connectivity index (χ0v) is 11.2. The van der Waals surface area contributed by atoms with Crippen LogP contribution in [0.4, 0.5) is 0 Å². The zero-order valence-electron chi connectivity index (χ0n) is 11.2. The second kappa shape index (κ2) is 3.96. The fourth-order valence-corrected chi connectivity index (χ4v) is 4.34. The van der Waals surface area contributed by atoms with Crippen molar-refractivity contribution in [2.75, 3.05) is 0 Å². The summed E-state index contributed by atoms with van der Waals surface area (Å²) in [5.41, 5.74) is 1.57. The van der Waals surface area contributed by atoms with E-state index in [-0.39, 0.29) is 5.41 Å². The number of Topliss-reactive ketones (excluding diaryl/α,β-unsaturated/α-hetero) is 1. The molecule has 0 aromatic rings. The predicted octanol–water partition coefficient (Wildman–Crippen LogP) is 4.13. The summed E-state index contributed by atoms with van der Waals surface area (Å²) in [4.78, 5) is 12.8. The van der Waals surface area contributed by atoms with Gasteiger partial charge in [-0.3, -0.25) is 4.79 Å². The van der Waals surface area contributed by atoms with Crippen LogP contribution in [0, 0.1) is 23.2 Å². The van der Waals surface area contributed by atoms with Gasteiger partial charge in [0, 0.05) is 11.3 Å². The molecule has 3 aliphatic carbocycles. The molecule has 3 rings (SSSR count). The van der Waals surface area contributed by atoms with Crippen LogP contribution in [0.2, 0.25) is 0 Å². The lowest BCUT2D eigenvalue weighted by Gasteiger charge is -2.33. The van der Waals surface area contributed by atoms with Crippen molar-refractivity contribution in [3.05, 3.63) is 11.6 Å². The van der Waals surface area contributed by atoms with Gasteiger partial charge in [0.05, 0.1) is 0 Å². The highest BCUT2D eigenvalue weighted by atomic mass is 16.1. The number of allylic oxidation sites excluding steroid dienone is 2. The highest BCUT2D eigenvalue weighted by molar-refractivity contribution is 5.87. The largest absolute Gasteiger partial charge is 0.299 e. The molecule has 3 atom stereocenters. The van der Waals surface area contributed by atoms with Crippen molar-refractivity contribution >= 4 is 5.78 Å². The first-order valence-electron chi connectivity index (χ1n) is 7.31. The van der Waals surface area contributed by atoms with E-state index in [1.54, 1.807) is 5.57 Å². The van der Waals surface area contributed by atoms with E-state index >= 15 is 0 Å². The molecule has 1 nitrogen and oxygen atoms in total. The molecule has 0 aromatic carbocycles. The maximum atomic E-state index is 12.8. The first-order valence-corrected chi connectivity index (χ1v) is 7.31. The van der Waals surface area contributed by atoms with E-state index < -0.39 is 0 Å². The molecule has 3 aliphatic rings. The Kier molecular flexibility index (Phi) is 2.68. The molecule has 0 aromatic heterocycles. The molecular formula is C16H24O. The Morgan fingerprint density at radius 1 is 1.24 bits per heavy atom. The van der Waals surface area contributed by atoms with Crippen LogP contribution in [0.15, 0.2) is 11.6 Å². The van der Waals surface area contributed by atoms with Gasteiger partial charge < -0.3 is 0 Å². The molecule has 17 heavy (non-hydrogen) atoms. The average Bonchev–Trinajstić information content (AvgIpc) is 2.93. The topological polar surface area (TPSA) is 17.1 Å². The third kappa shape index (κ3) is 1.78. The van der Waals surface area contributed by atoms with Crippen LogP contribution >= 0.6 is 0 Å². The summed E-state index contributed by atoms with van der Waals surface area (Å²) in [6, 6.07) is 0. The Labute approximate surface area is 105 Å². The minimum absolute atomic E-state index is 0.0762. The standard InChI is InChI=1S/C16H24O/c1-16(2)13-9-7-11(10-13)6-8-12-4-3-5-14(12)15(16)17/h6,12-14H,3-5,7-10H2,1-2H3/t12-,13-,14-/m0/s1. The number of carbonyl (C=O) groups excluding carboxylic acids is 1. The molecule has 2 fully saturated rings. The van der Waals surface area contributed by atoms with Gasteiger partial charge in [0.15, 0.2) is 0 Å². The lowest BCUT2D eigenvalue weighted by molar-refractivity contribution is -0.135. The fraction of sp³-hybridized carbons (Fsp3) is 0.812. The Morgan fingerprint density at radius 2 is 2.06 bits per heavy atom. The number of carbonyl (C=O) groups is 1. The molecule has 0 saturated heterocycles. The number of ketones is 1. The Hall–Kier alpha value is -0.590. The van der Waals surface area contributed by atoms with Crippen LogP contribution in [0.5, 0.6) is 0 Å². The molecular weight excluding hydrogens is 208 g/mol. The van der Waals surface area contributed by atoms with E-state index in [1.807, 2.05) is 0 Å². The van der Waals surface area contributed by atoms with Crippen LogP contribution < -0.4 is 0 Å². The minimum atomic E-state index is -0.0762. The van der Waals surface area contributed by atoms with Gasteiger partial charge in [-0.25, -0.2) is 0 Å². The molecule has 0 unspecified atom stereocenters. The number of hydrogen-bond donors (Lipinski definition) is 0. The second-order valence-electron chi connectivity index (χ2n) is 6.92. The molecule has 0 radical (unpaired) electrons. The second-order valence-corrected chi connectivity index (χ2v) is 6.92. The van der Waals surface area contributed by atoms with Gasteiger partial charge >= 0.3 is 0 Å². The maximum Gasteiger partial charge on any atom is 0.142 e. The number of hydrogen-bond acceptors (Lipinski definition) is 1. The maximum absolute atomic E-state index is 12.8. The quantitative estimate of drug-likeness (QED) is 0.574. The van der Waals surface area contributed by atoms with Crippen LogP contribution in [-0.2, 0) is 4.79 Å².